The molecule has 2 atom stereocenters. The molecule has 0 bridgehead atoms. The molecule has 2 aliphatic rings. The summed E-state index contributed by atoms with van der Waals surface area (Å²) in [6, 6.07) is 3.71. The van der Waals surface area contributed by atoms with Crippen LogP contribution in [0.15, 0.2) is 41.6 Å². The average molecular weight is 315 g/mol. The third-order valence-corrected chi connectivity index (χ3v) is 4.62. The molecule has 4 rings (SSSR count). The maximum absolute atomic E-state index is 12.5. The molecule has 7 heteroatoms. The van der Waals surface area contributed by atoms with Crippen molar-refractivity contribution in [2.45, 2.75) is 0 Å². The van der Waals surface area contributed by atoms with E-state index in [-0.39, 0.29) is 17.2 Å². The van der Waals surface area contributed by atoms with Crippen molar-refractivity contribution in [3.8, 4) is 5.75 Å². The third kappa shape index (κ3) is 2.57. The Balaban J connectivity index is 1.47. The molecule has 7 nitrogen and oxygen atoms in total. The number of ether oxygens (including phenoxy) is 2. The second kappa shape index (κ2) is 5.66. The summed E-state index contributed by atoms with van der Waals surface area (Å²) in [6.45, 7) is 3.01. The minimum absolute atomic E-state index is 0.103. The van der Waals surface area contributed by atoms with Gasteiger partial charge < -0.3 is 18.8 Å². The highest BCUT2D eigenvalue weighted by molar-refractivity contribution is 5.92. The number of hydrogen-bond donors (Lipinski definition) is 0. The quantitative estimate of drug-likeness (QED) is 0.845. The van der Waals surface area contributed by atoms with E-state index in [1.165, 1.54) is 12.7 Å². The molecule has 4 heterocycles. The van der Waals surface area contributed by atoms with Gasteiger partial charge in [-0.3, -0.25) is 9.78 Å². The van der Waals surface area contributed by atoms with Gasteiger partial charge in [0.15, 0.2) is 12.1 Å². The van der Waals surface area contributed by atoms with Crippen molar-refractivity contribution < 1.29 is 18.7 Å². The lowest BCUT2D eigenvalue weighted by Crippen LogP contribution is -2.38. The molecule has 2 saturated heterocycles. The third-order valence-electron chi connectivity index (χ3n) is 4.62. The fourth-order valence-corrected chi connectivity index (χ4v) is 3.33. The summed E-state index contributed by atoms with van der Waals surface area (Å²) in [6.07, 6.45) is 6.05. The lowest BCUT2D eigenvalue weighted by Gasteiger charge is -2.26. The summed E-state index contributed by atoms with van der Waals surface area (Å²) in [5, 5.41) is 0. The number of oxazole rings is 1. The van der Waals surface area contributed by atoms with Gasteiger partial charge in [-0.05, 0) is 12.1 Å². The van der Waals surface area contributed by atoms with Crippen molar-refractivity contribution in [1.29, 1.82) is 0 Å². The van der Waals surface area contributed by atoms with Crippen LogP contribution in [0.4, 0.5) is 0 Å². The molecule has 2 aliphatic heterocycles. The van der Waals surface area contributed by atoms with Crippen molar-refractivity contribution in [2.24, 2.45) is 11.3 Å². The Morgan fingerprint density at radius 1 is 1.52 bits per heavy atom. The van der Waals surface area contributed by atoms with Gasteiger partial charge in [-0.15, -0.1) is 0 Å². The zero-order chi connectivity index (χ0) is 15.7. The van der Waals surface area contributed by atoms with Gasteiger partial charge in [-0.1, -0.05) is 0 Å². The van der Waals surface area contributed by atoms with E-state index < -0.39 is 0 Å². The molecule has 23 heavy (non-hydrogen) atoms. The lowest BCUT2D eigenvalue weighted by molar-refractivity contribution is 0.0655. The fourth-order valence-electron chi connectivity index (χ4n) is 3.33. The number of nitrogens with zero attached hydrogens (tertiary/aromatic N) is 3. The summed E-state index contributed by atoms with van der Waals surface area (Å²) >= 11 is 0. The van der Waals surface area contributed by atoms with Gasteiger partial charge in [0.1, 0.15) is 12.0 Å². The van der Waals surface area contributed by atoms with E-state index in [0.29, 0.717) is 38.6 Å². The van der Waals surface area contributed by atoms with Crippen LogP contribution in [0.1, 0.15) is 10.5 Å². The van der Waals surface area contributed by atoms with Crippen molar-refractivity contribution in [2.75, 3.05) is 32.9 Å². The summed E-state index contributed by atoms with van der Waals surface area (Å²) in [5.74, 6) is 0.901. The Labute approximate surface area is 133 Å². The first kappa shape index (κ1) is 14.2. The number of likely N-dealkylation sites (tertiary alicyclic amines) is 1. The summed E-state index contributed by atoms with van der Waals surface area (Å²) < 4.78 is 16.5. The van der Waals surface area contributed by atoms with Crippen LogP contribution in [0, 0.1) is 11.3 Å². The number of rotatable bonds is 4. The van der Waals surface area contributed by atoms with Gasteiger partial charge in [0.2, 0.25) is 0 Å². The van der Waals surface area contributed by atoms with E-state index in [9.17, 15) is 4.79 Å². The van der Waals surface area contributed by atoms with E-state index in [1.54, 1.807) is 12.4 Å². The van der Waals surface area contributed by atoms with Crippen molar-refractivity contribution in [3.63, 3.8) is 0 Å². The smallest absolute Gasteiger partial charge is 0.275 e. The number of carbonyl (C=O) groups excluding carboxylic acids is 1. The molecule has 2 aromatic rings. The lowest BCUT2D eigenvalue weighted by atomic mass is 9.82. The molecule has 2 fully saturated rings. The Morgan fingerprint density at radius 3 is 3.26 bits per heavy atom. The van der Waals surface area contributed by atoms with Crippen molar-refractivity contribution in [1.82, 2.24) is 14.9 Å². The SMILES string of the molecule is O=C(c1cocn1)N1C[C@@H]2COC[C@]2(COc2cccnc2)C1. The van der Waals surface area contributed by atoms with Gasteiger partial charge in [0, 0.05) is 25.2 Å². The number of carbonyl (C=O) groups is 1. The minimum Gasteiger partial charge on any atom is -0.491 e. The molecule has 0 aliphatic carbocycles. The highest BCUT2D eigenvalue weighted by Crippen LogP contribution is 2.42. The standard InChI is InChI=1S/C16H17N3O4/c20-15(14-7-22-11-18-14)19-5-12-6-21-9-16(12,8-19)10-23-13-2-1-3-17-4-13/h1-4,7,11-12H,5-6,8-10H2/t12-,16+/m1/s1. The van der Waals surface area contributed by atoms with Crippen molar-refractivity contribution in [3.05, 3.63) is 42.9 Å². The Hall–Kier alpha value is -2.41. The van der Waals surface area contributed by atoms with Crippen LogP contribution in [0.25, 0.3) is 0 Å². The number of fused-ring (bicyclic) bond motifs is 1. The van der Waals surface area contributed by atoms with Gasteiger partial charge >= 0.3 is 0 Å². The molecule has 0 radical (unpaired) electrons. The first-order chi connectivity index (χ1) is 11.3. The fraction of sp³-hybridized carbons (Fsp3) is 0.438. The van der Waals surface area contributed by atoms with Crippen LogP contribution in [0.3, 0.4) is 0 Å². The van der Waals surface area contributed by atoms with E-state index in [0.717, 1.165) is 5.75 Å². The maximum atomic E-state index is 12.5. The topological polar surface area (TPSA) is 77.7 Å². The predicted octanol–water partition coefficient (Wildman–Crippen LogP) is 1.24. The average Bonchev–Trinajstić information content (AvgIpc) is 3.29. The summed E-state index contributed by atoms with van der Waals surface area (Å²) in [4.78, 5) is 22.3. The van der Waals surface area contributed by atoms with E-state index in [4.69, 9.17) is 13.9 Å². The van der Waals surface area contributed by atoms with Gasteiger partial charge in [-0.2, -0.15) is 0 Å². The monoisotopic (exact) mass is 315 g/mol. The molecule has 0 spiro atoms. The predicted molar refractivity (Wildman–Crippen MR) is 78.9 cm³/mol. The molecular formula is C16H17N3O4. The Bertz CT molecular complexity index is 676. The number of amides is 1. The molecule has 0 aromatic carbocycles. The number of pyridine rings is 1. The molecule has 120 valence electrons. The maximum Gasteiger partial charge on any atom is 0.275 e. The highest BCUT2D eigenvalue weighted by Gasteiger charge is 2.52. The van der Waals surface area contributed by atoms with Crippen LogP contribution in [-0.4, -0.2) is 53.7 Å². The van der Waals surface area contributed by atoms with Gasteiger partial charge in [0.05, 0.1) is 31.4 Å². The van der Waals surface area contributed by atoms with E-state index in [2.05, 4.69) is 9.97 Å². The van der Waals surface area contributed by atoms with Gasteiger partial charge in [-0.25, -0.2) is 4.98 Å². The van der Waals surface area contributed by atoms with Crippen LogP contribution < -0.4 is 4.74 Å². The number of hydrogen-bond acceptors (Lipinski definition) is 6. The summed E-state index contributed by atoms with van der Waals surface area (Å²) in [5.41, 5.74) is 0.170. The van der Waals surface area contributed by atoms with E-state index >= 15 is 0 Å². The highest BCUT2D eigenvalue weighted by atomic mass is 16.5. The Morgan fingerprint density at radius 2 is 2.48 bits per heavy atom. The van der Waals surface area contributed by atoms with E-state index in [1.807, 2.05) is 17.0 Å². The largest absolute Gasteiger partial charge is 0.491 e. The molecule has 2 aromatic heterocycles. The van der Waals surface area contributed by atoms with Crippen LogP contribution in [0.2, 0.25) is 0 Å². The first-order valence-corrected chi connectivity index (χ1v) is 7.55. The van der Waals surface area contributed by atoms with Gasteiger partial charge in [0.25, 0.3) is 5.91 Å². The second-order valence-corrected chi connectivity index (χ2v) is 6.11. The summed E-state index contributed by atoms with van der Waals surface area (Å²) in [7, 11) is 0. The van der Waals surface area contributed by atoms with Crippen LogP contribution >= 0.6 is 0 Å². The molecule has 0 saturated carbocycles. The second-order valence-electron chi connectivity index (χ2n) is 6.11. The molecular weight excluding hydrogens is 298 g/mol. The van der Waals surface area contributed by atoms with Crippen LogP contribution in [-0.2, 0) is 4.74 Å². The molecule has 1 amide bonds. The van der Waals surface area contributed by atoms with Crippen LogP contribution in [0.5, 0.6) is 5.75 Å². The number of aromatic nitrogens is 2. The first-order valence-electron chi connectivity index (χ1n) is 7.55. The zero-order valence-corrected chi connectivity index (χ0v) is 12.6. The zero-order valence-electron chi connectivity index (χ0n) is 12.6. The minimum atomic E-state index is -0.171. The normalized spacial score (nSPS) is 26.3. The van der Waals surface area contributed by atoms with Crippen molar-refractivity contribution >= 4 is 5.91 Å². The molecule has 0 N–H and O–H groups in total. The molecule has 0 unspecified atom stereocenters. The Kier molecular flexibility index (Phi) is 3.49.